The first-order valence-electron chi connectivity index (χ1n) is 19.4. The number of carboxylic acids is 1. The van der Waals surface area contributed by atoms with Crippen LogP contribution in [0, 0.1) is 23.7 Å². The lowest BCUT2D eigenvalue weighted by atomic mass is 9.89. The average molecular weight is 635 g/mol. The number of carboxylic acid groups (broad SMARTS) is 1. The van der Waals surface area contributed by atoms with Crippen LogP contribution in [0.15, 0.2) is 36.7 Å². The minimum Gasteiger partial charge on any atom is -0.481 e. The molecule has 46 heavy (non-hydrogen) atoms. The molecule has 1 heterocycles. The monoisotopic (exact) mass is 635 g/mol. The van der Waals surface area contributed by atoms with Crippen molar-refractivity contribution in [3.8, 4) is 0 Å². The highest BCUT2D eigenvalue weighted by Gasteiger charge is 2.33. The summed E-state index contributed by atoms with van der Waals surface area (Å²) in [6.45, 7) is 4.52. The molecule has 1 aromatic heterocycles. The number of amides is 1. The largest absolute Gasteiger partial charge is 0.481 e. The molecule has 4 rings (SSSR count). The van der Waals surface area contributed by atoms with Crippen molar-refractivity contribution in [1.82, 2.24) is 4.98 Å². The van der Waals surface area contributed by atoms with Gasteiger partial charge in [-0.25, -0.2) is 0 Å². The molecule has 4 atom stereocenters. The zero-order chi connectivity index (χ0) is 32.8. The Kier molecular flexibility index (Phi) is 19.0. The van der Waals surface area contributed by atoms with E-state index < -0.39 is 5.97 Å². The van der Waals surface area contributed by atoms with Crippen molar-refractivity contribution in [2.24, 2.45) is 23.7 Å². The molecule has 2 saturated carbocycles. The van der Waals surface area contributed by atoms with Crippen LogP contribution < -0.4 is 5.32 Å². The van der Waals surface area contributed by atoms with Gasteiger partial charge in [0.05, 0.1) is 5.92 Å². The number of carbonyl (C=O) groups excluding carboxylic acids is 1. The van der Waals surface area contributed by atoms with Crippen molar-refractivity contribution < 1.29 is 14.7 Å². The lowest BCUT2D eigenvalue weighted by Crippen LogP contribution is -2.26. The van der Waals surface area contributed by atoms with E-state index in [9.17, 15) is 9.59 Å². The van der Waals surface area contributed by atoms with Crippen LogP contribution in [0.25, 0.3) is 10.8 Å². The maximum Gasteiger partial charge on any atom is 0.306 e. The molecule has 4 unspecified atom stereocenters. The molecule has 5 nitrogen and oxygen atoms in total. The summed E-state index contributed by atoms with van der Waals surface area (Å²) in [6, 6.07) is 8.02. The van der Waals surface area contributed by atoms with Crippen molar-refractivity contribution >= 4 is 28.3 Å². The highest BCUT2D eigenvalue weighted by molar-refractivity contribution is 6.02. The van der Waals surface area contributed by atoms with Gasteiger partial charge in [-0.3, -0.25) is 14.6 Å². The fourth-order valence-corrected chi connectivity index (χ4v) is 7.97. The van der Waals surface area contributed by atoms with Crippen LogP contribution in [0.4, 0.5) is 5.69 Å². The van der Waals surface area contributed by atoms with Crippen LogP contribution in [0.3, 0.4) is 0 Å². The summed E-state index contributed by atoms with van der Waals surface area (Å²) in [5.41, 5.74) is 0.919. The lowest BCUT2D eigenvalue weighted by Gasteiger charge is -2.19. The zero-order valence-corrected chi connectivity index (χ0v) is 29.5. The Hall–Kier alpha value is -2.43. The third kappa shape index (κ3) is 13.7. The first-order valence-corrected chi connectivity index (χ1v) is 19.4. The number of anilines is 1. The number of carbonyl (C=O) groups is 2. The number of unbranched alkanes of at least 4 members (excludes halogenated alkanes) is 14. The van der Waals surface area contributed by atoms with Crippen molar-refractivity contribution in [2.75, 3.05) is 5.32 Å². The summed E-state index contributed by atoms with van der Waals surface area (Å²) in [7, 11) is 0. The van der Waals surface area contributed by atoms with Crippen molar-refractivity contribution in [1.29, 1.82) is 0 Å². The molecule has 5 heteroatoms. The van der Waals surface area contributed by atoms with Gasteiger partial charge in [0.15, 0.2) is 0 Å². The molecule has 0 bridgehead atoms. The highest BCUT2D eigenvalue weighted by Crippen LogP contribution is 2.37. The van der Waals surface area contributed by atoms with E-state index in [1.165, 1.54) is 122 Å². The number of nitrogens with zero attached hydrogens (tertiary/aromatic N) is 1. The van der Waals surface area contributed by atoms with Crippen molar-refractivity contribution in [2.45, 2.75) is 168 Å². The second kappa shape index (κ2) is 23.0. The smallest absolute Gasteiger partial charge is 0.306 e. The summed E-state index contributed by atoms with van der Waals surface area (Å²) in [5, 5.41) is 14.5. The van der Waals surface area contributed by atoms with Crippen LogP contribution in [-0.2, 0) is 9.59 Å². The number of fused-ring (bicyclic) bond motifs is 1. The predicted octanol–water partition coefficient (Wildman–Crippen LogP) is 12.1. The minimum absolute atomic E-state index is 0.0328. The predicted molar refractivity (Wildman–Crippen MR) is 194 cm³/mol. The van der Waals surface area contributed by atoms with E-state index in [1.54, 1.807) is 6.20 Å². The molecule has 2 aliphatic rings. The van der Waals surface area contributed by atoms with Crippen LogP contribution in [0.2, 0.25) is 0 Å². The maximum absolute atomic E-state index is 13.0. The molecule has 258 valence electrons. The third-order valence-electron chi connectivity index (χ3n) is 10.8. The van der Waals surface area contributed by atoms with Gasteiger partial charge in [0.2, 0.25) is 5.91 Å². The Morgan fingerprint density at radius 1 is 0.696 bits per heavy atom. The number of hydrogen-bond acceptors (Lipinski definition) is 3. The van der Waals surface area contributed by atoms with E-state index >= 15 is 0 Å². The SMILES string of the molecule is CCCCCCCCCCC1CCCC1C(=O)Nc1cccc2cnccc12.CCCCCCCCCCC1CCCC1C(=O)O. The molecular weight excluding hydrogens is 568 g/mol. The molecule has 2 aliphatic carbocycles. The van der Waals surface area contributed by atoms with Gasteiger partial charge in [0.25, 0.3) is 0 Å². The van der Waals surface area contributed by atoms with Crippen molar-refractivity contribution in [3.63, 3.8) is 0 Å². The summed E-state index contributed by atoms with van der Waals surface area (Å²) in [5.74, 6) is 0.846. The van der Waals surface area contributed by atoms with Crippen molar-refractivity contribution in [3.05, 3.63) is 36.7 Å². The number of rotatable bonds is 21. The first kappa shape index (κ1) is 38.0. The topological polar surface area (TPSA) is 79.3 Å². The summed E-state index contributed by atoms with van der Waals surface area (Å²) < 4.78 is 0. The molecule has 1 amide bonds. The minimum atomic E-state index is -0.558. The molecule has 0 radical (unpaired) electrons. The molecule has 1 aromatic carbocycles. The van der Waals surface area contributed by atoms with E-state index in [-0.39, 0.29) is 17.7 Å². The summed E-state index contributed by atoms with van der Waals surface area (Å²) in [6.07, 6.45) is 34.2. The summed E-state index contributed by atoms with van der Waals surface area (Å²) >= 11 is 0. The van der Waals surface area contributed by atoms with Crippen LogP contribution in [0.5, 0.6) is 0 Å². The Balaban J connectivity index is 0.000000277. The summed E-state index contributed by atoms with van der Waals surface area (Å²) in [4.78, 5) is 28.2. The highest BCUT2D eigenvalue weighted by atomic mass is 16.4. The second-order valence-corrected chi connectivity index (χ2v) is 14.4. The molecule has 2 aromatic rings. The van der Waals surface area contributed by atoms with Crippen LogP contribution in [-0.4, -0.2) is 22.0 Å². The molecule has 0 spiro atoms. The van der Waals surface area contributed by atoms with E-state index in [4.69, 9.17) is 5.11 Å². The number of benzene rings is 1. The lowest BCUT2D eigenvalue weighted by molar-refractivity contribution is -0.143. The Morgan fingerprint density at radius 3 is 1.78 bits per heavy atom. The fraction of sp³-hybridized carbons (Fsp3) is 0.732. The number of nitrogens with one attached hydrogen (secondary N) is 1. The Bertz CT molecular complexity index is 1110. The number of pyridine rings is 1. The van der Waals surface area contributed by atoms with E-state index in [0.29, 0.717) is 11.8 Å². The quantitative estimate of drug-likeness (QED) is 0.134. The number of aliphatic carboxylic acids is 1. The van der Waals surface area contributed by atoms with Gasteiger partial charge in [-0.1, -0.05) is 142 Å². The Labute approximate surface area is 281 Å². The van der Waals surface area contributed by atoms with Gasteiger partial charge in [-0.2, -0.15) is 0 Å². The van der Waals surface area contributed by atoms with Gasteiger partial charge in [0, 0.05) is 34.8 Å². The normalized spacial score (nSPS) is 20.8. The van der Waals surface area contributed by atoms with Crippen LogP contribution >= 0.6 is 0 Å². The Morgan fingerprint density at radius 2 is 1.22 bits per heavy atom. The molecule has 2 N–H and O–H groups in total. The first-order chi connectivity index (χ1) is 22.5. The van der Waals surface area contributed by atoms with Gasteiger partial charge >= 0.3 is 5.97 Å². The van der Waals surface area contributed by atoms with Gasteiger partial charge in [-0.05, 0) is 62.5 Å². The van der Waals surface area contributed by atoms with E-state index in [1.807, 2.05) is 30.5 Å². The van der Waals surface area contributed by atoms with Gasteiger partial charge < -0.3 is 10.4 Å². The average Bonchev–Trinajstić information content (AvgIpc) is 3.74. The van der Waals surface area contributed by atoms with E-state index in [2.05, 4.69) is 24.1 Å². The molecule has 0 saturated heterocycles. The number of hydrogen-bond donors (Lipinski definition) is 2. The maximum atomic E-state index is 13.0. The van der Waals surface area contributed by atoms with E-state index in [0.717, 1.165) is 48.6 Å². The van der Waals surface area contributed by atoms with Gasteiger partial charge in [0.1, 0.15) is 0 Å². The molecule has 2 fully saturated rings. The van der Waals surface area contributed by atoms with Gasteiger partial charge in [-0.15, -0.1) is 0 Å². The third-order valence-corrected chi connectivity index (χ3v) is 10.8. The van der Waals surface area contributed by atoms with Crippen LogP contribution in [0.1, 0.15) is 168 Å². The second-order valence-electron chi connectivity index (χ2n) is 14.4. The zero-order valence-electron chi connectivity index (χ0n) is 29.5. The molecular formula is C41H66N2O3. The standard InChI is InChI=1S/C25H36N2O.C16H30O2/c1-2-3-4-5-6-7-8-9-12-20-13-10-15-23(20)25(28)27-24-16-11-14-21-19-26-18-17-22(21)24;1-2-3-4-5-6-7-8-9-11-14-12-10-13-15(14)16(17)18/h11,14,16-20,23H,2-10,12-13,15H2,1H3,(H,27,28);14-15H,2-13H2,1H3,(H,17,18). The fourth-order valence-electron chi connectivity index (χ4n) is 7.97. The number of aromatic nitrogens is 1. The molecule has 0 aliphatic heterocycles.